The van der Waals surface area contributed by atoms with E-state index in [4.69, 9.17) is 0 Å². The predicted molar refractivity (Wildman–Crippen MR) is 84.1 cm³/mol. The Morgan fingerprint density at radius 2 is 2.19 bits per heavy atom. The molecule has 2 rings (SSSR count). The van der Waals surface area contributed by atoms with Crippen molar-refractivity contribution < 1.29 is 10.3 Å². The Labute approximate surface area is 125 Å². The quantitative estimate of drug-likeness (QED) is 0.491. The number of fused-ring (bicyclic) bond motifs is 1. The summed E-state index contributed by atoms with van der Waals surface area (Å²) in [6.07, 6.45) is 1.90. The van der Waals surface area contributed by atoms with Crippen LogP contribution in [0.1, 0.15) is 31.4 Å². The molecule has 0 aromatic heterocycles. The van der Waals surface area contributed by atoms with Crippen molar-refractivity contribution in [3.63, 3.8) is 0 Å². The molecule has 1 aromatic rings. The molecule has 4 N–H and O–H groups in total. The number of quaternary nitrogens is 1. The molecule has 2 unspecified atom stereocenters. The minimum atomic E-state index is -1.53. The second kappa shape index (κ2) is 6.29. The third-order valence-electron chi connectivity index (χ3n) is 3.82. The number of hydrogen-bond donors (Lipinski definition) is 4. The Balaban J connectivity index is 2.23. The van der Waals surface area contributed by atoms with Crippen LogP contribution in [-0.4, -0.2) is 36.0 Å². The number of aryl methyl sites for hydroxylation is 1. The number of aliphatic hydroxyl groups is 1. The summed E-state index contributed by atoms with van der Waals surface area (Å²) in [6.45, 7) is 4.82. The normalized spacial score (nSPS) is 20.8. The van der Waals surface area contributed by atoms with E-state index in [2.05, 4.69) is 24.5 Å². The standard InChI is InChI=1S/C15H25N3O3/c1-10(2)16-8-13-5-4-11-6-12(9-19)15(18(3,20)21)7-14(11)17-13/h6-7,10,13,16-17,19-20H,4-5,8-9H2,1-3H3. The van der Waals surface area contributed by atoms with E-state index in [-0.39, 0.29) is 12.3 Å². The lowest BCUT2D eigenvalue weighted by atomic mass is 9.95. The maximum atomic E-state index is 11.8. The Morgan fingerprint density at radius 3 is 2.76 bits per heavy atom. The summed E-state index contributed by atoms with van der Waals surface area (Å²) < 4.78 is 0. The SMILES string of the molecule is CC(C)NCC1CCc2cc(CO)c([N+](C)([O-])O)cc2N1. The summed E-state index contributed by atoms with van der Waals surface area (Å²) in [7, 11) is 1.14. The van der Waals surface area contributed by atoms with E-state index in [0.717, 1.165) is 37.7 Å². The number of nitrogens with one attached hydrogen (secondary N) is 2. The summed E-state index contributed by atoms with van der Waals surface area (Å²) in [5, 5.41) is 37.7. The van der Waals surface area contributed by atoms with Gasteiger partial charge in [-0.25, -0.2) is 5.21 Å². The lowest BCUT2D eigenvalue weighted by Gasteiger charge is -2.33. The summed E-state index contributed by atoms with van der Waals surface area (Å²) in [4.78, 5) is -1.53. The van der Waals surface area contributed by atoms with Gasteiger partial charge in [0.25, 0.3) is 0 Å². The van der Waals surface area contributed by atoms with Crippen LogP contribution >= 0.6 is 0 Å². The molecule has 0 radical (unpaired) electrons. The van der Waals surface area contributed by atoms with Gasteiger partial charge in [-0.05, 0) is 24.5 Å². The minimum absolute atomic E-state index is 0.182. The van der Waals surface area contributed by atoms with Crippen LogP contribution in [0.15, 0.2) is 12.1 Å². The molecule has 0 fully saturated rings. The molecular formula is C15H25N3O3. The second-order valence-electron chi connectivity index (χ2n) is 6.12. The molecule has 1 heterocycles. The van der Waals surface area contributed by atoms with Gasteiger partial charge in [0.05, 0.1) is 6.61 Å². The van der Waals surface area contributed by atoms with Gasteiger partial charge in [0.15, 0.2) is 5.69 Å². The van der Waals surface area contributed by atoms with E-state index in [1.165, 1.54) is 0 Å². The molecular weight excluding hydrogens is 270 g/mol. The summed E-state index contributed by atoms with van der Waals surface area (Å²) in [5.41, 5.74) is 2.62. The van der Waals surface area contributed by atoms with Crippen molar-refractivity contribution in [3.8, 4) is 0 Å². The number of hydroxylamine groups is 2. The first kappa shape index (κ1) is 16.2. The van der Waals surface area contributed by atoms with Crippen molar-refractivity contribution in [2.75, 3.05) is 18.9 Å². The van der Waals surface area contributed by atoms with Gasteiger partial charge in [-0.15, -0.1) is 0 Å². The molecule has 0 spiro atoms. The highest BCUT2D eigenvalue weighted by atomic mass is 16.8. The van der Waals surface area contributed by atoms with Crippen LogP contribution in [0.25, 0.3) is 0 Å². The van der Waals surface area contributed by atoms with Crippen molar-refractivity contribution in [3.05, 3.63) is 28.5 Å². The Hall–Kier alpha value is -1.18. The first-order valence-electron chi connectivity index (χ1n) is 7.38. The third kappa shape index (κ3) is 3.93. The monoisotopic (exact) mass is 295 g/mol. The Kier molecular flexibility index (Phi) is 4.85. The number of nitrogens with zero attached hydrogens (tertiary/aromatic N) is 1. The average Bonchev–Trinajstić information content (AvgIpc) is 2.42. The van der Waals surface area contributed by atoms with Crippen molar-refractivity contribution in [2.45, 2.75) is 45.4 Å². The fourth-order valence-electron chi connectivity index (χ4n) is 2.69. The van der Waals surface area contributed by atoms with E-state index in [9.17, 15) is 15.5 Å². The first-order chi connectivity index (χ1) is 9.81. The third-order valence-corrected chi connectivity index (χ3v) is 3.82. The van der Waals surface area contributed by atoms with Gasteiger partial charge in [-0.1, -0.05) is 13.8 Å². The molecule has 0 aliphatic carbocycles. The highest BCUT2D eigenvalue weighted by Gasteiger charge is 2.24. The average molecular weight is 295 g/mol. The summed E-state index contributed by atoms with van der Waals surface area (Å²) in [5.74, 6) is 0. The van der Waals surface area contributed by atoms with Gasteiger partial charge in [0.1, 0.15) is 7.05 Å². The number of rotatable bonds is 5. The van der Waals surface area contributed by atoms with Gasteiger partial charge in [0.2, 0.25) is 0 Å². The van der Waals surface area contributed by atoms with Crippen LogP contribution in [0.2, 0.25) is 0 Å². The number of benzene rings is 1. The van der Waals surface area contributed by atoms with E-state index in [1.807, 2.05) is 6.07 Å². The molecule has 21 heavy (non-hydrogen) atoms. The number of hydrogen-bond acceptors (Lipinski definition) is 5. The maximum Gasteiger partial charge on any atom is 0.172 e. The van der Waals surface area contributed by atoms with Crippen LogP contribution in [0, 0.1) is 5.21 Å². The largest absolute Gasteiger partial charge is 0.593 e. The van der Waals surface area contributed by atoms with Crippen LogP contribution in [0.5, 0.6) is 0 Å². The molecule has 1 aliphatic rings. The molecule has 0 saturated heterocycles. The van der Waals surface area contributed by atoms with Crippen LogP contribution in [-0.2, 0) is 13.0 Å². The molecule has 0 bridgehead atoms. The van der Waals surface area contributed by atoms with E-state index in [0.29, 0.717) is 17.6 Å². The number of aliphatic hydroxyl groups excluding tert-OH is 1. The van der Waals surface area contributed by atoms with Crippen LogP contribution in [0.4, 0.5) is 11.4 Å². The zero-order valence-corrected chi connectivity index (χ0v) is 12.9. The lowest BCUT2D eigenvalue weighted by molar-refractivity contribution is -0.00583. The minimum Gasteiger partial charge on any atom is -0.593 e. The maximum absolute atomic E-state index is 11.8. The molecule has 0 amide bonds. The fraction of sp³-hybridized carbons (Fsp3) is 0.600. The molecule has 1 aromatic carbocycles. The highest BCUT2D eigenvalue weighted by molar-refractivity contribution is 5.65. The highest BCUT2D eigenvalue weighted by Crippen LogP contribution is 2.34. The summed E-state index contributed by atoms with van der Waals surface area (Å²) in [6, 6.07) is 4.21. The van der Waals surface area contributed by atoms with Crippen molar-refractivity contribution in [1.29, 1.82) is 0 Å². The predicted octanol–water partition coefficient (Wildman–Crippen LogP) is 1.73. The molecule has 0 saturated carbocycles. The van der Waals surface area contributed by atoms with Gasteiger partial charge in [-0.3, -0.25) is 0 Å². The topological polar surface area (TPSA) is 87.6 Å². The van der Waals surface area contributed by atoms with E-state index < -0.39 is 4.81 Å². The second-order valence-corrected chi connectivity index (χ2v) is 6.12. The van der Waals surface area contributed by atoms with Crippen LogP contribution in [0.3, 0.4) is 0 Å². The van der Waals surface area contributed by atoms with Gasteiger partial charge < -0.3 is 20.9 Å². The molecule has 118 valence electrons. The van der Waals surface area contributed by atoms with Crippen LogP contribution < -0.4 is 15.4 Å². The zero-order chi connectivity index (χ0) is 15.6. The van der Waals surface area contributed by atoms with E-state index in [1.54, 1.807) is 6.07 Å². The van der Waals surface area contributed by atoms with Crippen molar-refractivity contribution in [1.82, 2.24) is 10.1 Å². The van der Waals surface area contributed by atoms with Crippen molar-refractivity contribution in [2.24, 2.45) is 0 Å². The van der Waals surface area contributed by atoms with Gasteiger partial charge >= 0.3 is 0 Å². The van der Waals surface area contributed by atoms with Gasteiger partial charge in [0, 0.05) is 35.9 Å². The molecule has 6 nitrogen and oxygen atoms in total. The van der Waals surface area contributed by atoms with Gasteiger partial charge in [-0.2, -0.15) is 4.81 Å². The Bertz CT molecular complexity index is 498. The fourth-order valence-corrected chi connectivity index (χ4v) is 2.69. The summed E-state index contributed by atoms with van der Waals surface area (Å²) >= 11 is 0. The molecule has 6 heteroatoms. The molecule has 2 atom stereocenters. The Morgan fingerprint density at radius 1 is 1.48 bits per heavy atom. The lowest BCUT2D eigenvalue weighted by Crippen LogP contribution is -2.39. The number of anilines is 1. The van der Waals surface area contributed by atoms with E-state index >= 15 is 0 Å². The van der Waals surface area contributed by atoms with Crippen molar-refractivity contribution >= 4 is 11.4 Å². The zero-order valence-electron chi connectivity index (χ0n) is 12.9. The first-order valence-corrected chi connectivity index (χ1v) is 7.38. The molecule has 1 aliphatic heterocycles. The smallest absolute Gasteiger partial charge is 0.172 e.